The highest BCUT2D eigenvalue weighted by Crippen LogP contribution is 2.38. The molecular weight excluding hydrogens is 262 g/mol. The van der Waals surface area contributed by atoms with Crippen LogP contribution >= 0.6 is 11.6 Å². The zero-order valence-corrected chi connectivity index (χ0v) is 11.0. The van der Waals surface area contributed by atoms with Gasteiger partial charge in [-0.15, -0.1) is 0 Å². The Hall–Kier alpha value is -1.91. The lowest BCUT2D eigenvalue weighted by Gasteiger charge is -2.22. The van der Waals surface area contributed by atoms with E-state index in [0.29, 0.717) is 12.2 Å². The summed E-state index contributed by atoms with van der Waals surface area (Å²) in [5.41, 5.74) is 14.5. The van der Waals surface area contributed by atoms with Gasteiger partial charge in [0.1, 0.15) is 5.75 Å². The Morgan fingerprint density at radius 1 is 1.16 bits per heavy atom. The van der Waals surface area contributed by atoms with Gasteiger partial charge in [0, 0.05) is 17.3 Å². The minimum Gasteiger partial charge on any atom is -0.455 e. The average Bonchev–Trinajstić information content (AvgIpc) is 2.69. The molecule has 0 saturated heterocycles. The summed E-state index contributed by atoms with van der Waals surface area (Å²) in [6.45, 7) is 0.648. The van der Waals surface area contributed by atoms with Crippen molar-refractivity contribution in [2.24, 2.45) is 5.73 Å². The molecule has 5 heteroatoms. The molecule has 98 valence electrons. The molecular formula is C14H14ClN3O. The summed E-state index contributed by atoms with van der Waals surface area (Å²) in [6.07, 6.45) is -0.493. The van der Waals surface area contributed by atoms with Crippen LogP contribution in [-0.4, -0.2) is 6.35 Å². The lowest BCUT2D eigenvalue weighted by Crippen LogP contribution is -2.41. The number of anilines is 2. The van der Waals surface area contributed by atoms with Gasteiger partial charge in [-0.25, -0.2) is 0 Å². The summed E-state index contributed by atoms with van der Waals surface area (Å²) in [5.74, 6) is 0.760. The van der Waals surface area contributed by atoms with E-state index in [2.05, 4.69) is 0 Å². The van der Waals surface area contributed by atoms with E-state index in [1.165, 1.54) is 0 Å². The van der Waals surface area contributed by atoms with Crippen LogP contribution in [0.3, 0.4) is 0 Å². The fourth-order valence-electron chi connectivity index (χ4n) is 2.15. The van der Waals surface area contributed by atoms with Crippen molar-refractivity contribution in [1.82, 2.24) is 0 Å². The molecule has 4 N–H and O–H groups in total. The van der Waals surface area contributed by atoms with Crippen molar-refractivity contribution in [3.63, 3.8) is 0 Å². The third kappa shape index (κ3) is 2.32. The van der Waals surface area contributed by atoms with Crippen LogP contribution in [-0.2, 0) is 6.54 Å². The summed E-state index contributed by atoms with van der Waals surface area (Å²) in [6, 6.07) is 13.2. The normalized spacial score (nSPS) is 17.2. The van der Waals surface area contributed by atoms with Crippen molar-refractivity contribution < 1.29 is 4.74 Å². The molecule has 1 heterocycles. The van der Waals surface area contributed by atoms with E-state index in [1.54, 1.807) is 6.07 Å². The highest BCUT2D eigenvalue weighted by atomic mass is 35.5. The Labute approximate surface area is 116 Å². The van der Waals surface area contributed by atoms with Crippen molar-refractivity contribution in [3.8, 4) is 5.75 Å². The molecule has 0 radical (unpaired) electrons. The maximum absolute atomic E-state index is 5.99. The van der Waals surface area contributed by atoms with Gasteiger partial charge < -0.3 is 15.4 Å². The smallest absolute Gasteiger partial charge is 0.228 e. The van der Waals surface area contributed by atoms with Gasteiger partial charge in [-0.05, 0) is 35.9 Å². The van der Waals surface area contributed by atoms with Crippen LogP contribution in [0, 0.1) is 0 Å². The van der Waals surface area contributed by atoms with E-state index < -0.39 is 6.35 Å². The Kier molecular flexibility index (Phi) is 2.97. The number of ether oxygens (including phenoxy) is 1. The number of benzene rings is 2. The molecule has 0 fully saturated rings. The second-order valence-electron chi connectivity index (χ2n) is 4.49. The maximum atomic E-state index is 5.99. The number of hydrogen-bond acceptors (Lipinski definition) is 4. The van der Waals surface area contributed by atoms with Crippen LogP contribution < -0.4 is 21.1 Å². The van der Waals surface area contributed by atoms with Crippen LogP contribution in [0.5, 0.6) is 5.75 Å². The van der Waals surface area contributed by atoms with E-state index >= 15 is 0 Å². The summed E-state index contributed by atoms with van der Waals surface area (Å²) in [5, 5.41) is 0.718. The van der Waals surface area contributed by atoms with E-state index in [9.17, 15) is 0 Å². The molecule has 2 aromatic carbocycles. The molecule has 0 aromatic heterocycles. The van der Waals surface area contributed by atoms with Crippen molar-refractivity contribution >= 4 is 23.0 Å². The number of halogens is 1. The number of hydrogen-bond donors (Lipinski definition) is 2. The van der Waals surface area contributed by atoms with E-state index in [1.807, 2.05) is 41.3 Å². The zero-order chi connectivity index (χ0) is 13.4. The lowest BCUT2D eigenvalue weighted by molar-refractivity contribution is 0.230. The number of nitrogen functional groups attached to an aromatic ring is 1. The zero-order valence-electron chi connectivity index (χ0n) is 10.2. The van der Waals surface area contributed by atoms with Gasteiger partial charge in [0.2, 0.25) is 6.35 Å². The molecule has 2 aromatic rings. The highest BCUT2D eigenvalue weighted by Gasteiger charge is 2.28. The fraction of sp³-hybridized carbons (Fsp3) is 0.143. The number of fused-ring (bicyclic) bond motifs is 1. The molecule has 19 heavy (non-hydrogen) atoms. The third-order valence-electron chi connectivity index (χ3n) is 3.11. The first-order valence-corrected chi connectivity index (χ1v) is 6.34. The molecule has 3 rings (SSSR count). The summed E-state index contributed by atoms with van der Waals surface area (Å²) in [7, 11) is 0. The predicted molar refractivity (Wildman–Crippen MR) is 77.1 cm³/mol. The SMILES string of the molecule is Nc1ccc2c(c1)N(Cc1ccc(Cl)cc1)C(N)O2. The first-order valence-electron chi connectivity index (χ1n) is 5.96. The van der Waals surface area contributed by atoms with Crippen molar-refractivity contribution in [2.45, 2.75) is 12.9 Å². The molecule has 0 spiro atoms. The Morgan fingerprint density at radius 2 is 1.89 bits per heavy atom. The number of nitrogens with zero attached hydrogens (tertiary/aromatic N) is 1. The standard InChI is InChI=1S/C14H14ClN3O/c15-10-3-1-9(2-4-10)8-18-12-7-11(16)5-6-13(12)19-14(18)17/h1-7,14H,8,16-17H2. The van der Waals surface area contributed by atoms with Crippen LogP contribution in [0.1, 0.15) is 5.56 Å². The fourth-order valence-corrected chi connectivity index (χ4v) is 2.28. The Bertz CT molecular complexity index is 600. The third-order valence-corrected chi connectivity index (χ3v) is 3.37. The summed E-state index contributed by atoms with van der Waals surface area (Å²) < 4.78 is 5.59. The van der Waals surface area contributed by atoms with Crippen molar-refractivity contribution in [1.29, 1.82) is 0 Å². The molecule has 0 amide bonds. The van der Waals surface area contributed by atoms with Gasteiger partial charge in [-0.3, -0.25) is 5.73 Å². The summed E-state index contributed by atoms with van der Waals surface area (Å²) in [4.78, 5) is 1.97. The molecule has 1 unspecified atom stereocenters. The van der Waals surface area contributed by atoms with Crippen LogP contribution in [0.4, 0.5) is 11.4 Å². The molecule has 1 atom stereocenters. The first-order chi connectivity index (χ1) is 9.13. The van der Waals surface area contributed by atoms with Crippen LogP contribution in [0.25, 0.3) is 0 Å². The van der Waals surface area contributed by atoms with Gasteiger partial charge in [0.05, 0.1) is 5.69 Å². The maximum Gasteiger partial charge on any atom is 0.228 e. The predicted octanol–water partition coefficient (Wildman–Crippen LogP) is 2.56. The van der Waals surface area contributed by atoms with Gasteiger partial charge in [-0.2, -0.15) is 0 Å². The van der Waals surface area contributed by atoms with Gasteiger partial charge in [-0.1, -0.05) is 23.7 Å². The Balaban J connectivity index is 1.89. The van der Waals surface area contributed by atoms with Gasteiger partial charge in [0.25, 0.3) is 0 Å². The molecule has 1 aliphatic heterocycles. The molecule has 0 bridgehead atoms. The van der Waals surface area contributed by atoms with Crippen LogP contribution in [0.2, 0.25) is 5.02 Å². The average molecular weight is 276 g/mol. The van der Waals surface area contributed by atoms with Crippen molar-refractivity contribution in [3.05, 3.63) is 53.1 Å². The number of rotatable bonds is 2. The molecule has 0 saturated carbocycles. The van der Waals surface area contributed by atoms with E-state index in [0.717, 1.165) is 22.0 Å². The largest absolute Gasteiger partial charge is 0.455 e. The van der Waals surface area contributed by atoms with Gasteiger partial charge >= 0.3 is 0 Å². The van der Waals surface area contributed by atoms with E-state index in [4.69, 9.17) is 27.8 Å². The molecule has 4 nitrogen and oxygen atoms in total. The quantitative estimate of drug-likeness (QED) is 0.827. The van der Waals surface area contributed by atoms with Crippen molar-refractivity contribution in [2.75, 3.05) is 10.6 Å². The highest BCUT2D eigenvalue weighted by molar-refractivity contribution is 6.30. The second kappa shape index (κ2) is 4.64. The monoisotopic (exact) mass is 275 g/mol. The second-order valence-corrected chi connectivity index (χ2v) is 4.93. The lowest BCUT2D eigenvalue weighted by atomic mass is 10.2. The molecule has 0 aliphatic carbocycles. The topological polar surface area (TPSA) is 64.5 Å². The first kappa shape index (κ1) is 12.1. The van der Waals surface area contributed by atoms with Crippen LogP contribution in [0.15, 0.2) is 42.5 Å². The minimum atomic E-state index is -0.493. The van der Waals surface area contributed by atoms with Gasteiger partial charge in [0.15, 0.2) is 0 Å². The van der Waals surface area contributed by atoms with E-state index in [-0.39, 0.29) is 0 Å². The minimum absolute atomic E-state index is 0.493. The molecule has 1 aliphatic rings. The number of nitrogens with two attached hydrogens (primary N) is 2. The summed E-state index contributed by atoms with van der Waals surface area (Å²) >= 11 is 5.88. The Morgan fingerprint density at radius 3 is 2.63 bits per heavy atom.